The molecule has 1 fully saturated rings. The van der Waals surface area contributed by atoms with Gasteiger partial charge in [-0.15, -0.1) is 0 Å². The van der Waals surface area contributed by atoms with Gasteiger partial charge in [0.2, 0.25) is 17.7 Å². The fraction of sp³-hybridized carbons (Fsp3) is 0.200. The van der Waals surface area contributed by atoms with Gasteiger partial charge in [0.25, 0.3) is 5.91 Å². The summed E-state index contributed by atoms with van der Waals surface area (Å²) >= 11 is 5.88. The number of rotatable bonds is 5. The lowest BCUT2D eigenvalue weighted by molar-refractivity contribution is -0.121. The lowest BCUT2D eigenvalue weighted by Crippen LogP contribution is -2.35. The number of halogens is 1. The minimum atomic E-state index is -0.358. The van der Waals surface area contributed by atoms with Gasteiger partial charge in [0.15, 0.2) is 0 Å². The molecule has 0 bridgehead atoms. The van der Waals surface area contributed by atoms with Crippen LogP contribution in [0.2, 0.25) is 5.02 Å². The summed E-state index contributed by atoms with van der Waals surface area (Å²) < 4.78 is 0. The molecule has 2 aromatic rings. The smallest absolute Gasteiger partial charge is 0.254 e. The molecule has 0 atom stereocenters. The lowest BCUT2D eigenvalue weighted by atomic mass is 10.1. The lowest BCUT2D eigenvalue weighted by Gasteiger charge is -2.18. The molecule has 8 heteroatoms. The third kappa shape index (κ3) is 4.37. The summed E-state index contributed by atoms with van der Waals surface area (Å²) in [6.07, 6.45) is 0.397. The van der Waals surface area contributed by atoms with E-state index in [4.69, 9.17) is 11.6 Å². The van der Waals surface area contributed by atoms with Crippen molar-refractivity contribution < 1.29 is 19.2 Å². The Morgan fingerprint density at radius 1 is 1.07 bits per heavy atom. The summed E-state index contributed by atoms with van der Waals surface area (Å²) in [5.41, 5.74) is 1.33. The highest BCUT2D eigenvalue weighted by Gasteiger charge is 2.30. The highest BCUT2D eigenvalue weighted by molar-refractivity contribution is 6.30. The molecule has 0 aromatic heterocycles. The molecule has 3 rings (SSSR count). The Morgan fingerprint density at radius 2 is 1.71 bits per heavy atom. The standard InChI is InChI=1S/C20H18ClN3O4/c1-23(12-17(25)22-15-4-2-3-14(21)11-15)20(28)13-5-7-16(8-6-13)24-18(26)9-10-19(24)27/h2-8,11H,9-10,12H2,1H3,(H,22,25). The molecule has 2 aromatic carbocycles. The molecule has 1 aliphatic rings. The fourth-order valence-corrected chi connectivity index (χ4v) is 3.08. The Kier molecular flexibility index (Phi) is 5.75. The van der Waals surface area contributed by atoms with Crippen molar-refractivity contribution in [3.05, 3.63) is 59.1 Å². The molecule has 0 radical (unpaired) electrons. The third-order valence-electron chi connectivity index (χ3n) is 4.26. The molecule has 0 spiro atoms. The maximum Gasteiger partial charge on any atom is 0.254 e. The number of carbonyl (C=O) groups is 4. The molecule has 0 saturated carbocycles. The quantitative estimate of drug-likeness (QED) is 0.783. The van der Waals surface area contributed by atoms with Crippen molar-refractivity contribution in [3.63, 3.8) is 0 Å². The zero-order chi connectivity index (χ0) is 20.3. The predicted octanol–water partition coefficient (Wildman–Crippen LogP) is 2.70. The minimum absolute atomic E-state index is 0.143. The first-order valence-electron chi connectivity index (χ1n) is 8.62. The Morgan fingerprint density at radius 3 is 2.32 bits per heavy atom. The fourth-order valence-electron chi connectivity index (χ4n) is 2.89. The molecule has 144 valence electrons. The van der Waals surface area contributed by atoms with Crippen LogP contribution < -0.4 is 10.2 Å². The molecule has 0 aliphatic carbocycles. The number of amides is 4. The van der Waals surface area contributed by atoms with Crippen molar-refractivity contribution in [2.45, 2.75) is 12.8 Å². The van der Waals surface area contributed by atoms with Crippen molar-refractivity contribution in [2.75, 3.05) is 23.8 Å². The second-order valence-corrected chi connectivity index (χ2v) is 6.83. The summed E-state index contributed by atoms with van der Waals surface area (Å²) in [6, 6.07) is 12.9. The summed E-state index contributed by atoms with van der Waals surface area (Å²) in [5, 5.41) is 3.17. The number of carbonyl (C=O) groups excluding carboxylic acids is 4. The molecule has 4 amide bonds. The first-order chi connectivity index (χ1) is 13.3. The highest BCUT2D eigenvalue weighted by atomic mass is 35.5. The van der Waals surface area contributed by atoms with Crippen molar-refractivity contribution in [2.24, 2.45) is 0 Å². The molecule has 1 heterocycles. The van der Waals surface area contributed by atoms with Crippen LogP contribution in [0.25, 0.3) is 0 Å². The van der Waals surface area contributed by atoms with Crippen molar-refractivity contribution in [1.82, 2.24) is 4.90 Å². The summed E-state index contributed by atoms with van der Waals surface area (Å²) in [6.45, 7) is -0.143. The van der Waals surface area contributed by atoms with E-state index >= 15 is 0 Å². The predicted molar refractivity (Wildman–Crippen MR) is 105 cm³/mol. The van der Waals surface area contributed by atoms with E-state index < -0.39 is 0 Å². The molecule has 1 saturated heterocycles. The third-order valence-corrected chi connectivity index (χ3v) is 4.49. The maximum absolute atomic E-state index is 12.5. The molecule has 0 unspecified atom stereocenters. The molecule has 1 aliphatic heterocycles. The van der Waals surface area contributed by atoms with E-state index in [9.17, 15) is 19.2 Å². The van der Waals surface area contributed by atoms with Crippen molar-refractivity contribution >= 4 is 46.6 Å². The zero-order valence-electron chi connectivity index (χ0n) is 15.1. The van der Waals surface area contributed by atoms with Crippen LogP contribution in [0.4, 0.5) is 11.4 Å². The molecule has 28 heavy (non-hydrogen) atoms. The average Bonchev–Trinajstić information content (AvgIpc) is 2.99. The molecule has 1 N–H and O–H groups in total. The van der Waals surface area contributed by atoms with Crippen molar-refractivity contribution in [3.8, 4) is 0 Å². The van der Waals surface area contributed by atoms with Crippen molar-refractivity contribution in [1.29, 1.82) is 0 Å². The van der Waals surface area contributed by atoms with Gasteiger partial charge in [0.05, 0.1) is 12.2 Å². The van der Waals surface area contributed by atoms with E-state index in [1.165, 1.54) is 24.1 Å². The van der Waals surface area contributed by atoms with Gasteiger partial charge < -0.3 is 10.2 Å². The van der Waals surface area contributed by atoms with Crippen LogP contribution in [-0.2, 0) is 14.4 Å². The Balaban J connectivity index is 1.62. The average molecular weight is 400 g/mol. The van der Waals surface area contributed by atoms with Gasteiger partial charge in [0, 0.05) is 36.2 Å². The van der Waals surface area contributed by atoms with Crippen LogP contribution in [0.15, 0.2) is 48.5 Å². The van der Waals surface area contributed by atoms with Gasteiger partial charge in [0.1, 0.15) is 0 Å². The first kappa shape index (κ1) is 19.6. The molecular formula is C20H18ClN3O4. The number of benzene rings is 2. The number of hydrogen-bond acceptors (Lipinski definition) is 4. The number of nitrogens with one attached hydrogen (secondary N) is 1. The van der Waals surface area contributed by atoms with Crippen LogP contribution in [0.1, 0.15) is 23.2 Å². The number of likely N-dealkylation sites (N-methyl/N-ethyl adjacent to an activating group) is 1. The SMILES string of the molecule is CN(CC(=O)Nc1cccc(Cl)c1)C(=O)c1ccc(N2C(=O)CCC2=O)cc1. The number of hydrogen-bond donors (Lipinski definition) is 1. The Bertz CT molecular complexity index is 927. The largest absolute Gasteiger partial charge is 0.332 e. The van der Waals surface area contributed by atoms with Gasteiger partial charge in [-0.05, 0) is 42.5 Å². The Labute approximate surface area is 166 Å². The van der Waals surface area contributed by atoms with Gasteiger partial charge in [-0.25, -0.2) is 0 Å². The number of nitrogens with zero attached hydrogens (tertiary/aromatic N) is 2. The number of imide groups is 1. The van der Waals surface area contributed by atoms with Crippen LogP contribution >= 0.6 is 11.6 Å². The summed E-state index contributed by atoms with van der Waals surface area (Å²) in [5.74, 6) is -1.22. The highest BCUT2D eigenvalue weighted by Crippen LogP contribution is 2.23. The maximum atomic E-state index is 12.5. The van der Waals surface area contributed by atoms with Crippen LogP contribution in [0.3, 0.4) is 0 Å². The van der Waals surface area contributed by atoms with Gasteiger partial charge in [-0.2, -0.15) is 0 Å². The van der Waals surface area contributed by atoms with Gasteiger partial charge >= 0.3 is 0 Å². The van der Waals surface area contributed by atoms with Crippen LogP contribution in [-0.4, -0.2) is 42.1 Å². The normalized spacial score (nSPS) is 13.6. The van der Waals surface area contributed by atoms with E-state index in [-0.39, 0.29) is 43.0 Å². The van der Waals surface area contributed by atoms with Crippen LogP contribution in [0.5, 0.6) is 0 Å². The van der Waals surface area contributed by atoms with E-state index in [1.807, 2.05) is 0 Å². The van der Waals surface area contributed by atoms with Gasteiger partial charge in [-0.1, -0.05) is 17.7 Å². The summed E-state index contributed by atoms with van der Waals surface area (Å²) in [4.78, 5) is 50.6. The first-order valence-corrected chi connectivity index (χ1v) is 8.99. The summed E-state index contributed by atoms with van der Waals surface area (Å²) in [7, 11) is 1.52. The zero-order valence-corrected chi connectivity index (χ0v) is 15.9. The number of anilines is 2. The Hall–Kier alpha value is -3.19. The second-order valence-electron chi connectivity index (χ2n) is 6.39. The second kappa shape index (κ2) is 8.22. The monoisotopic (exact) mass is 399 g/mol. The van der Waals surface area contributed by atoms with E-state index in [2.05, 4.69) is 5.32 Å². The minimum Gasteiger partial charge on any atom is -0.332 e. The molecule has 7 nitrogen and oxygen atoms in total. The van der Waals surface area contributed by atoms with E-state index in [1.54, 1.807) is 36.4 Å². The van der Waals surface area contributed by atoms with E-state index in [0.29, 0.717) is 22.0 Å². The molecular weight excluding hydrogens is 382 g/mol. The topological polar surface area (TPSA) is 86.8 Å². The van der Waals surface area contributed by atoms with E-state index in [0.717, 1.165) is 4.90 Å². The van der Waals surface area contributed by atoms with Crippen LogP contribution in [0, 0.1) is 0 Å². The van der Waals surface area contributed by atoms with Gasteiger partial charge in [-0.3, -0.25) is 24.1 Å².